The van der Waals surface area contributed by atoms with E-state index in [2.05, 4.69) is 28.1 Å². The van der Waals surface area contributed by atoms with Gasteiger partial charge in [-0.1, -0.05) is 6.07 Å². The highest BCUT2D eigenvalue weighted by molar-refractivity contribution is 5.85. The molecule has 1 aliphatic rings. The summed E-state index contributed by atoms with van der Waals surface area (Å²) in [7, 11) is 0. The summed E-state index contributed by atoms with van der Waals surface area (Å²) in [5.74, 6) is 0. The third-order valence-electron chi connectivity index (χ3n) is 3.26. The van der Waals surface area contributed by atoms with Crippen molar-refractivity contribution in [1.29, 1.82) is 0 Å². The smallest absolute Gasteiger partial charge is 0.0375 e. The monoisotopic (exact) mass is 210 g/mol. The molecule has 2 heterocycles. The Labute approximate surface area is 95.9 Å². The molecule has 3 rings (SSSR count). The molecule has 16 heavy (non-hydrogen) atoms. The van der Waals surface area contributed by atoms with Gasteiger partial charge in [-0.3, -0.25) is 4.98 Å². The fourth-order valence-electron chi connectivity index (χ4n) is 2.36. The van der Waals surface area contributed by atoms with Crippen molar-refractivity contribution in [3.05, 3.63) is 43.6 Å². The van der Waals surface area contributed by atoms with Gasteiger partial charge in [-0.25, -0.2) is 0 Å². The van der Waals surface area contributed by atoms with E-state index in [0.717, 1.165) is 13.0 Å². The van der Waals surface area contributed by atoms with E-state index >= 15 is 0 Å². The van der Waals surface area contributed by atoms with Crippen LogP contribution in [-0.4, -0.2) is 17.6 Å². The van der Waals surface area contributed by atoms with Crippen LogP contribution in [0.5, 0.6) is 0 Å². The van der Waals surface area contributed by atoms with E-state index in [1.54, 1.807) is 0 Å². The zero-order valence-electron chi connectivity index (χ0n) is 9.13. The van der Waals surface area contributed by atoms with Crippen molar-refractivity contribution in [2.75, 3.05) is 11.4 Å². The van der Waals surface area contributed by atoms with Crippen molar-refractivity contribution < 1.29 is 0 Å². The minimum atomic E-state index is 0.175. The third kappa shape index (κ3) is 1.54. The number of anilines is 1. The summed E-state index contributed by atoms with van der Waals surface area (Å²) >= 11 is 0. The van der Waals surface area contributed by atoms with Gasteiger partial charge in [0, 0.05) is 36.1 Å². The lowest BCUT2D eigenvalue weighted by Crippen LogP contribution is -2.26. The van der Waals surface area contributed by atoms with E-state index in [0.29, 0.717) is 0 Å². The maximum atomic E-state index is 6.07. The van der Waals surface area contributed by atoms with E-state index < -0.39 is 0 Å². The fraction of sp³-hybridized carbons (Fsp3) is 0.286. The molecule has 0 spiro atoms. The molecule has 1 fully saturated rings. The van der Waals surface area contributed by atoms with Gasteiger partial charge in [-0.05, 0) is 43.4 Å². The Morgan fingerprint density at radius 2 is 2.19 bits per heavy atom. The van der Waals surface area contributed by atoms with Crippen LogP contribution in [0.4, 0.5) is 5.69 Å². The molecular formula is C14H14N2. The molecule has 2 nitrogen and oxygen atoms in total. The van der Waals surface area contributed by atoms with E-state index in [-0.39, 0.29) is 6.04 Å². The largest absolute Gasteiger partial charge is 0.368 e. The van der Waals surface area contributed by atoms with Crippen LogP contribution >= 0.6 is 0 Å². The zero-order valence-corrected chi connectivity index (χ0v) is 9.13. The molecule has 0 aliphatic carbocycles. The molecule has 1 unspecified atom stereocenters. The minimum absolute atomic E-state index is 0.175. The van der Waals surface area contributed by atoms with Crippen LogP contribution in [0.25, 0.3) is 10.8 Å². The SMILES string of the molecule is [CH]C1CCCN1c1ccc2ccncc2c1. The molecule has 2 radical (unpaired) electrons. The maximum absolute atomic E-state index is 6.07. The lowest BCUT2D eigenvalue weighted by atomic mass is 10.1. The summed E-state index contributed by atoms with van der Waals surface area (Å²) in [6, 6.07) is 8.66. The first-order chi connectivity index (χ1) is 7.84. The Hall–Kier alpha value is -1.57. The minimum Gasteiger partial charge on any atom is -0.368 e. The second-order valence-electron chi connectivity index (χ2n) is 4.31. The van der Waals surface area contributed by atoms with E-state index in [1.807, 2.05) is 18.5 Å². The second kappa shape index (κ2) is 3.78. The van der Waals surface area contributed by atoms with Gasteiger partial charge < -0.3 is 4.90 Å². The van der Waals surface area contributed by atoms with E-state index in [1.165, 1.54) is 22.9 Å². The number of rotatable bonds is 1. The van der Waals surface area contributed by atoms with Crippen LogP contribution in [0.15, 0.2) is 36.7 Å². The van der Waals surface area contributed by atoms with Crippen molar-refractivity contribution in [3.8, 4) is 0 Å². The van der Waals surface area contributed by atoms with Crippen molar-refractivity contribution in [2.24, 2.45) is 0 Å². The average Bonchev–Trinajstić information content (AvgIpc) is 2.75. The predicted molar refractivity (Wildman–Crippen MR) is 66.4 cm³/mol. The molecular weight excluding hydrogens is 196 g/mol. The first-order valence-electron chi connectivity index (χ1n) is 5.70. The Balaban J connectivity index is 2.04. The standard InChI is InChI=1S/C14H14N2/c1-11-3-2-8-16(11)14-5-4-12-6-7-15-10-13(12)9-14/h1,4-7,9-11H,2-3,8H2. The number of benzene rings is 1. The van der Waals surface area contributed by atoms with Crippen LogP contribution in [0, 0.1) is 6.92 Å². The molecule has 0 amide bonds. The van der Waals surface area contributed by atoms with E-state index in [4.69, 9.17) is 6.92 Å². The number of hydrogen-bond donors (Lipinski definition) is 0. The Morgan fingerprint density at radius 3 is 3.00 bits per heavy atom. The summed E-state index contributed by atoms with van der Waals surface area (Å²) in [4.78, 5) is 6.42. The van der Waals surface area contributed by atoms with Gasteiger partial charge >= 0.3 is 0 Å². The van der Waals surface area contributed by atoms with Crippen molar-refractivity contribution in [2.45, 2.75) is 18.9 Å². The summed E-state index contributed by atoms with van der Waals surface area (Å²) in [6.07, 6.45) is 6.00. The topological polar surface area (TPSA) is 16.1 Å². The highest BCUT2D eigenvalue weighted by Crippen LogP contribution is 2.27. The first-order valence-corrected chi connectivity index (χ1v) is 5.70. The number of fused-ring (bicyclic) bond motifs is 1. The molecule has 0 bridgehead atoms. The van der Waals surface area contributed by atoms with Gasteiger partial charge in [0.1, 0.15) is 0 Å². The van der Waals surface area contributed by atoms with E-state index in [9.17, 15) is 0 Å². The maximum Gasteiger partial charge on any atom is 0.0375 e. The highest BCUT2D eigenvalue weighted by atomic mass is 15.2. The van der Waals surface area contributed by atoms with Gasteiger partial charge in [0.25, 0.3) is 0 Å². The Kier molecular flexibility index (Phi) is 2.28. The molecule has 0 saturated carbocycles. The zero-order chi connectivity index (χ0) is 11.0. The van der Waals surface area contributed by atoms with Crippen LogP contribution in [0.1, 0.15) is 12.8 Å². The number of pyridine rings is 1. The van der Waals surface area contributed by atoms with Crippen LogP contribution in [0.2, 0.25) is 0 Å². The molecule has 1 aromatic carbocycles. The number of aromatic nitrogens is 1. The van der Waals surface area contributed by atoms with Crippen LogP contribution in [0.3, 0.4) is 0 Å². The summed E-state index contributed by atoms with van der Waals surface area (Å²) in [5.41, 5.74) is 1.21. The molecule has 1 aliphatic heterocycles. The number of hydrogen-bond acceptors (Lipinski definition) is 2. The van der Waals surface area contributed by atoms with Gasteiger partial charge in [-0.2, -0.15) is 0 Å². The lowest BCUT2D eigenvalue weighted by Gasteiger charge is -2.23. The van der Waals surface area contributed by atoms with Crippen molar-refractivity contribution in [1.82, 2.24) is 4.98 Å². The highest BCUT2D eigenvalue weighted by Gasteiger charge is 2.20. The second-order valence-corrected chi connectivity index (χ2v) is 4.31. The molecule has 1 saturated heterocycles. The summed E-state index contributed by atoms with van der Waals surface area (Å²) < 4.78 is 0. The Morgan fingerprint density at radius 1 is 1.25 bits per heavy atom. The average molecular weight is 210 g/mol. The number of nitrogens with zero attached hydrogens (tertiary/aromatic N) is 2. The Bertz CT molecular complexity index is 507. The summed E-state index contributed by atoms with van der Waals surface area (Å²) in [5, 5.41) is 2.41. The van der Waals surface area contributed by atoms with Crippen LogP contribution < -0.4 is 4.90 Å². The molecule has 2 heteroatoms. The quantitative estimate of drug-likeness (QED) is 0.719. The lowest BCUT2D eigenvalue weighted by molar-refractivity contribution is 0.802. The fourth-order valence-corrected chi connectivity index (χ4v) is 2.36. The molecule has 2 aromatic rings. The van der Waals surface area contributed by atoms with Gasteiger partial charge in [-0.15, -0.1) is 0 Å². The first kappa shape index (κ1) is 9.64. The normalized spacial score (nSPS) is 20.6. The molecule has 0 N–H and O–H groups in total. The van der Waals surface area contributed by atoms with Crippen molar-refractivity contribution >= 4 is 16.5 Å². The van der Waals surface area contributed by atoms with Crippen molar-refractivity contribution in [3.63, 3.8) is 0 Å². The molecule has 1 aromatic heterocycles. The van der Waals surface area contributed by atoms with Gasteiger partial charge in [0.2, 0.25) is 0 Å². The predicted octanol–water partition coefficient (Wildman–Crippen LogP) is 2.91. The van der Waals surface area contributed by atoms with Gasteiger partial charge in [0.05, 0.1) is 0 Å². The summed E-state index contributed by atoms with van der Waals surface area (Å²) in [6.45, 7) is 7.13. The van der Waals surface area contributed by atoms with Crippen LogP contribution in [-0.2, 0) is 0 Å². The molecule has 1 atom stereocenters. The van der Waals surface area contributed by atoms with Gasteiger partial charge in [0.15, 0.2) is 0 Å². The molecule has 80 valence electrons. The third-order valence-corrected chi connectivity index (χ3v) is 3.26.